The second-order valence-electron chi connectivity index (χ2n) is 8.90. The molecule has 0 atom stereocenters. The molecule has 1 heterocycles. The van der Waals surface area contributed by atoms with Gasteiger partial charge in [-0.15, -0.1) is 0 Å². The average molecular weight is 562 g/mol. The summed E-state index contributed by atoms with van der Waals surface area (Å²) in [4.78, 5) is 15.0. The van der Waals surface area contributed by atoms with Crippen molar-refractivity contribution in [1.82, 2.24) is 9.21 Å². The van der Waals surface area contributed by atoms with Crippen molar-refractivity contribution in [3.8, 4) is 0 Å². The van der Waals surface area contributed by atoms with Crippen LogP contribution in [-0.4, -0.2) is 64.7 Å². The first kappa shape index (κ1) is 27.1. The summed E-state index contributed by atoms with van der Waals surface area (Å²) in [6.45, 7) is 3.87. The molecule has 3 aromatic carbocycles. The summed E-state index contributed by atoms with van der Waals surface area (Å²) in [6.07, 6.45) is 0. The van der Waals surface area contributed by atoms with Crippen molar-refractivity contribution in [1.29, 1.82) is 0 Å². The van der Waals surface area contributed by atoms with Gasteiger partial charge in [0.05, 0.1) is 15.5 Å². The molecule has 8 nitrogen and oxygen atoms in total. The van der Waals surface area contributed by atoms with Gasteiger partial charge in [0.15, 0.2) is 0 Å². The normalized spacial score (nSPS) is 14.9. The number of aryl methyl sites for hydroxylation is 2. The Morgan fingerprint density at radius 2 is 1.41 bits per heavy atom. The molecule has 0 N–H and O–H groups in total. The number of carbonyl (C=O) groups excluding carboxylic acids is 1. The molecule has 1 fully saturated rings. The lowest BCUT2D eigenvalue weighted by Crippen LogP contribution is -2.53. The molecule has 0 radical (unpaired) electrons. The van der Waals surface area contributed by atoms with E-state index in [2.05, 4.69) is 0 Å². The lowest BCUT2D eigenvalue weighted by molar-refractivity contribution is -0.130. The number of nitrogens with zero attached hydrogens (tertiary/aromatic N) is 3. The predicted octanol–water partition coefficient (Wildman–Crippen LogP) is 3.69. The smallest absolute Gasteiger partial charge is 0.264 e. The maximum Gasteiger partial charge on any atom is 0.264 e. The molecule has 196 valence electrons. The Morgan fingerprint density at radius 3 is 2.00 bits per heavy atom. The van der Waals surface area contributed by atoms with Crippen molar-refractivity contribution < 1.29 is 21.6 Å². The van der Waals surface area contributed by atoms with E-state index < -0.39 is 32.5 Å². The van der Waals surface area contributed by atoms with E-state index >= 15 is 0 Å². The second-order valence-corrected chi connectivity index (χ2v) is 13.1. The van der Waals surface area contributed by atoms with Gasteiger partial charge in [0.25, 0.3) is 10.0 Å². The Morgan fingerprint density at radius 1 is 0.811 bits per heavy atom. The molecule has 0 bridgehead atoms. The van der Waals surface area contributed by atoms with Crippen molar-refractivity contribution in [2.75, 3.05) is 37.0 Å². The topological polar surface area (TPSA) is 95.1 Å². The first-order chi connectivity index (χ1) is 17.5. The molecule has 3 aromatic rings. The number of benzene rings is 3. The first-order valence-electron chi connectivity index (χ1n) is 11.7. The van der Waals surface area contributed by atoms with Crippen LogP contribution in [0.25, 0.3) is 0 Å². The summed E-state index contributed by atoms with van der Waals surface area (Å²) >= 11 is 5.94. The number of sulfonamides is 2. The standard InChI is InChI=1S/C26H28ClN3O5S2/c1-20-6-10-24(11-7-20)36(32,33)29-16-14-28(15-17-29)26(31)19-30(23-5-3-4-21(2)18-23)37(34,35)25-12-8-22(27)9-13-25/h3-13,18H,14-17,19H2,1-2H3. The van der Waals surface area contributed by atoms with Gasteiger partial charge in [-0.1, -0.05) is 41.4 Å². The van der Waals surface area contributed by atoms with Crippen molar-refractivity contribution in [3.63, 3.8) is 0 Å². The van der Waals surface area contributed by atoms with Crippen LogP contribution in [-0.2, 0) is 24.8 Å². The molecular weight excluding hydrogens is 534 g/mol. The molecular formula is C26H28ClN3O5S2. The molecule has 0 aromatic heterocycles. The highest BCUT2D eigenvalue weighted by Crippen LogP contribution is 2.26. The minimum atomic E-state index is -4.07. The van der Waals surface area contributed by atoms with Crippen molar-refractivity contribution >= 4 is 43.2 Å². The molecule has 4 rings (SSSR count). The zero-order valence-corrected chi connectivity index (χ0v) is 22.9. The third-order valence-corrected chi connectivity index (χ3v) is 10.2. The van der Waals surface area contributed by atoms with E-state index in [-0.39, 0.29) is 36.0 Å². The Bertz CT molecular complexity index is 1480. The predicted molar refractivity (Wildman–Crippen MR) is 144 cm³/mol. The summed E-state index contributed by atoms with van der Waals surface area (Å²) in [5.41, 5.74) is 2.17. The zero-order valence-electron chi connectivity index (χ0n) is 20.5. The summed E-state index contributed by atoms with van der Waals surface area (Å²) in [7, 11) is -7.76. The third-order valence-electron chi connectivity index (χ3n) is 6.22. The second kappa shape index (κ2) is 10.8. The molecule has 1 saturated heterocycles. The molecule has 1 aliphatic heterocycles. The lowest BCUT2D eigenvalue weighted by atomic mass is 10.2. The molecule has 37 heavy (non-hydrogen) atoms. The van der Waals surface area contributed by atoms with Gasteiger partial charge in [-0.05, 0) is 67.9 Å². The van der Waals surface area contributed by atoms with Crippen molar-refractivity contribution in [3.05, 3.63) is 88.9 Å². The van der Waals surface area contributed by atoms with E-state index in [1.54, 1.807) is 42.5 Å². The van der Waals surface area contributed by atoms with Gasteiger partial charge in [0.2, 0.25) is 15.9 Å². The summed E-state index contributed by atoms with van der Waals surface area (Å²) < 4.78 is 55.6. The molecule has 0 saturated carbocycles. The number of carbonyl (C=O) groups is 1. The first-order valence-corrected chi connectivity index (χ1v) is 14.9. The Hall–Kier alpha value is -2.92. The van der Waals surface area contributed by atoms with Crippen LogP contribution < -0.4 is 4.31 Å². The van der Waals surface area contributed by atoms with Crippen LogP contribution in [0.3, 0.4) is 0 Å². The van der Waals surface area contributed by atoms with Gasteiger partial charge >= 0.3 is 0 Å². The maximum absolute atomic E-state index is 13.6. The SMILES string of the molecule is Cc1ccc(S(=O)(=O)N2CCN(C(=O)CN(c3cccc(C)c3)S(=O)(=O)c3ccc(Cl)cc3)CC2)cc1. The van der Waals surface area contributed by atoms with E-state index in [0.717, 1.165) is 15.4 Å². The van der Waals surface area contributed by atoms with Crippen LogP contribution >= 0.6 is 11.6 Å². The van der Waals surface area contributed by atoms with Gasteiger partial charge < -0.3 is 4.90 Å². The van der Waals surface area contributed by atoms with E-state index in [4.69, 9.17) is 11.6 Å². The lowest BCUT2D eigenvalue weighted by Gasteiger charge is -2.35. The largest absolute Gasteiger partial charge is 0.338 e. The molecule has 0 unspecified atom stereocenters. The van der Waals surface area contributed by atoms with Gasteiger partial charge in [-0.2, -0.15) is 4.31 Å². The van der Waals surface area contributed by atoms with Crippen molar-refractivity contribution in [2.24, 2.45) is 0 Å². The molecule has 0 aliphatic carbocycles. The molecule has 1 amide bonds. The number of hydrogen-bond donors (Lipinski definition) is 0. The third kappa shape index (κ3) is 5.98. The van der Waals surface area contributed by atoms with E-state index in [0.29, 0.717) is 10.7 Å². The summed E-state index contributed by atoms with van der Waals surface area (Å²) in [6, 6.07) is 19.3. The fourth-order valence-corrected chi connectivity index (χ4v) is 7.05. The van der Waals surface area contributed by atoms with Crippen LogP contribution in [0.15, 0.2) is 82.6 Å². The molecule has 1 aliphatic rings. The number of piperazine rings is 1. The average Bonchev–Trinajstić information content (AvgIpc) is 2.87. The zero-order chi connectivity index (χ0) is 26.8. The molecule has 0 spiro atoms. The summed E-state index contributed by atoms with van der Waals surface area (Å²) in [5.74, 6) is -0.411. The Kier molecular flexibility index (Phi) is 7.94. The number of amides is 1. The van der Waals surface area contributed by atoms with Crippen LogP contribution in [0.4, 0.5) is 5.69 Å². The molecule has 11 heteroatoms. The highest BCUT2D eigenvalue weighted by atomic mass is 35.5. The highest BCUT2D eigenvalue weighted by molar-refractivity contribution is 7.92. The van der Waals surface area contributed by atoms with Crippen LogP contribution in [0.2, 0.25) is 5.02 Å². The number of halogens is 1. The van der Waals surface area contributed by atoms with E-state index in [1.807, 2.05) is 19.9 Å². The summed E-state index contributed by atoms with van der Waals surface area (Å²) in [5, 5.41) is 0.399. The van der Waals surface area contributed by atoms with Gasteiger partial charge in [-0.3, -0.25) is 9.10 Å². The van der Waals surface area contributed by atoms with E-state index in [1.165, 1.54) is 33.5 Å². The monoisotopic (exact) mass is 561 g/mol. The van der Waals surface area contributed by atoms with Gasteiger partial charge in [0.1, 0.15) is 6.54 Å². The van der Waals surface area contributed by atoms with Crippen LogP contribution in [0.1, 0.15) is 11.1 Å². The van der Waals surface area contributed by atoms with Crippen LogP contribution in [0, 0.1) is 13.8 Å². The quantitative estimate of drug-likeness (QED) is 0.438. The Balaban J connectivity index is 1.52. The van der Waals surface area contributed by atoms with Crippen molar-refractivity contribution in [2.45, 2.75) is 23.6 Å². The van der Waals surface area contributed by atoms with Crippen LogP contribution in [0.5, 0.6) is 0 Å². The van der Waals surface area contributed by atoms with E-state index in [9.17, 15) is 21.6 Å². The highest BCUT2D eigenvalue weighted by Gasteiger charge is 2.33. The number of rotatable bonds is 7. The van der Waals surface area contributed by atoms with Gasteiger partial charge in [0, 0.05) is 31.2 Å². The maximum atomic E-state index is 13.6. The number of hydrogen-bond acceptors (Lipinski definition) is 5. The minimum Gasteiger partial charge on any atom is -0.338 e. The Labute approximate surface area is 223 Å². The number of anilines is 1. The minimum absolute atomic E-state index is 0.0141. The fraction of sp³-hybridized carbons (Fsp3) is 0.269. The fourth-order valence-electron chi connectivity index (χ4n) is 4.09. The van der Waals surface area contributed by atoms with Gasteiger partial charge in [-0.25, -0.2) is 16.8 Å².